The molecule has 94 valence electrons. The summed E-state index contributed by atoms with van der Waals surface area (Å²) in [6.45, 7) is 4.06. The van der Waals surface area contributed by atoms with Crippen molar-refractivity contribution in [2.24, 2.45) is 11.7 Å². The summed E-state index contributed by atoms with van der Waals surface area (Å²) in [6, 6.07) is 0. The second-order valence-corrected chi connectivity index (χ2v) is 4.29. The van der Waals surface area contributed by atoms with E-state index in [2.05, 4.69) is 0 Å². The third-order valence-corrected chi connectivity index (χ3v) is 2.36. The molecule has 0 aromatic rings. The van der Waals surface area contributed by atoms with Crippen LogP contribution in [-0.2, 0) is 19.0 Å². The molecule has 0 aliphatic carbocycles. The maximum atomic E-state index is 10.5. The second-order valence-electron chi connectivity index (χ2n) is 4.29. The number of hydrogen-bond donors (Lipinski definition) is 2. The minimum Gasteiger partial charge on any atom is -0.394 e. The highest BCUT2D eigenvalue weighted by Gasteiger charge is 2.36. The quantitative estimate of drug-likeness (QED) is 0.652. The van der Waals surface area contributed by atoms with E-state index >= 15 is 0 Å². The molecule has 2 atom stereocenters. The van der Waals surface area contributed by atoms with Crippen molar-refractivity contribution >= 4 is 5.91 Å². The number of carbonyl (C=O) groups excluding carboxylic acids is 1. The van der Waals surface area contributed by atoms with Crippen molar-refractivity contribution in [3.63, 3.8) is 0 Å². The number of aliphatic hydroxyl groups excluding tert-OH is 1. The van der Waals surface area contributed by atoms with Crippen LogP contribution < -0.4 is 5.73 Å². The summed E-state index contributed by atoms with van der Waals surface area (Å²) in [4.78, 5) is 10.5. The molecule has 1 fully saturated rings. The van der Waals surface area contributed by atoms with Crippen LogP contribution in [0.4, 0.5) is 0 Å². The summed E-state index contributed by atoms with van der Waals surface area (Å²) in [6.07, 6.45) is -0.336. The highest BCUT2D eigenvalue weighted by Crippen LogP contribution is 2.26. The van der Waals surface area contributed by atoms with Crippen LogP contribution in [0.1, 0.15) is 13.8 Å². The molecule has 0 bridgehead atoms. The first-order valence-corrected chi connectivity index (χ1v) is 5.23. The van der Waals surface area contributed by atoms with Crippen LogP contribution in [0.2, 0.25) is 0 Å². The van der Waals surface area contributed by atoms with Crippen LogP contribution in [0.15, 0.2) is 0 Å². The minimum absolute atomic E-state index is 0.0858. The van der Waals surface area contributed by atoms with E-state index < -0.39 is 11.7 Å². The summed E-state index contributed by atoms with van der Waals surface area (Å²) in [5, 5.41) is 9.17. The van der Waals surface area contributed by atoms with E-state index in [0.29, 0.717) is 6.61 Å². The lowest BCUT2D eigenvalue weighted by molar-refractivity contribution is -0.302. The van der Waals surface area contributed by atoms with Crippen LogP contribution in [0.25, 0.3) is 0 Å². The van der Waals surface area contributed by atoms with Crippen molar-refractivity contribution < 1.29 is 24.1 Å². The predicted octanol–water partition coefficient (Wildman–Crippen LogP) is -0.752. The number of aliphatic hydroxyl groups is 1. The molecular weight excluding hydrogens is 214 g/mol. The lowest BCUT2D eigenvalue weighted by Crippen LogP contribution is -2.48. The number of nitrogens with two attached hydrogens (primary N) is 1. The Morgan fingerprint density at radius 1 is 1.62 bits per heavy atom. The molecule has 0 aromatic carbocycles. The Hall–Kier alpha value is -0.690. The van der Waals surface area contributed by atoms with Gasteiger partial charge in [-0.1, -0.05) is 0 Å². The van der Waals surface area contributed by atoms with Gasteiger partial charge in [-0.15, -0.1) is 0 Å². The van der Waals surface area contributed by atoms with E-state index in [1.54, 1.807) is 13.8 Å². The first kappa shape index (κ1) is 13.4. The van der Waals surface area contributed by atoms with Crippen molar-refractivity contribution in [3.05, 3.63) is 0 Å². The standard InChI is InChI=1S/C10H19NO5/c1-10(2)15-5-7(8(3-12)16-10)4-14-6-9(11)13/h7-8,12H,3-6H2,1-2H3,(H2,11,13). The average Bonchev–Trinajstić information content (AvgIpc) is 2.19. The Labute approximate surface area is 94.7 Å². The van der Waals surface area contributed by atoms with Crippen molar-refractivity contribution in [2.75, 3.05) is 26.4 Å². The third kappa shape index (κ3) is 4.05. The van der Waals surface area contributed by atoms with Gasteiger partial charge in [-0.05, 0) is 13.8 Å². The van der Waals surface area contributed by atoms with Crippen LogP contribution >= 0.6 is 0 Å². The lowest BCUT2D eigenvalue weighted by atomic mass is 10.0. The zero-order valence-corrected chi connectivity index (χ0v) is 9.64. The van der Waals surface area contributed by atoms with Crippen LogP contribution in [0.5, 0.6) is 0 Å². The third-order valence-electron chi connectivity index (χ3n) is 2.36. The summed E-state index contributed by atoms with van der Waals surface area (Å²) in [5.74, 6) is -1.29. The van der Waals surface area contributed by atoms with Crippen molar-refractivity contribution in [1.29, 1.82) is 0 Å². The predicted molar refractivity (Wildman–Crippen MR) is 55.5 cm³/mol. The molecule has 0 spiro atoms. The first-order valence-electron chi connectivity index (χ1n) is 5.23. The number of carbonyl (C=O) groups is 1. The second kappa shape index (κ2) is 5.58. The van der Waals surface area contributed by atoms with E-state index in [1.807, 2.05) is 0 Å². The fraction of sp³-hybridized carbons (Fsp3) is 0.900. The van der Waals surface area contributed by atoms with E-state index in [1.165, 1.54) is 0 Å². The molecule has 1 amide bonds. The molecule has 6 nitrogen and oxygen atoms in total. The molecule has 1 rings (SSSR count). The molecule has 1 heterocycles. The van der Waals surface area contributed by atoms with E-state index in [4.69, 9.17) is 19.9 Å². The number of primary amides is 1. The van der Waals surface area contributed by atoms with Crippen LogP contribution in [-0.4, -0.2) is 49.3 Å². The molecule has 1 aliphatic heterocycles. The number of rotatable bonds is 5. The largest absolute Gasteiger partial charge is 0.394 e. The lowest BCUT2D eigenvalue weighted by Gasteiger charge is -2.40. The summed E-state index contributed by atoms with van der Waals surface area (Å²) in [7, 11) is 0. The summed E-state index contributed by atoms with van der Waals surface area (Å²) in [5.41, 5.74) is 4.94. The van der Waals surface area contributed by atoms with Gasteiger partial charge >= 0.3 is 0 Å². The molecule has 0 saturated carbocycles. The van der Waals surface area contributed by atoms with Gasteiger partial charge in [0.2, 0.25) is 5.91 Å². The Balaban J connectivity index is 2.38. The van der Waals surface area contributed by atoms with E-state index in [0.717, 1.165) is 0 Å². The SMILES string of the molecule is CC1(C)OCC(COCC(N)=O)C(CO)O1. The van der Waals surface area contributed by atoms with Crippen molar-refractivity contribution in [2.45, 2.75) is 25.7 Å². The number of amides is 1. The van der Waals surface area contributed by atoms with Crippen LogP contribution in [0.3, 0.4) is 0 Å². The number of hydrogen-bond acceptors (Lipinski definition) is 5. The average molecular weight is 233 g/mol. The molecule has 0 aromatic heterocycles. The fourth-order valence-electron chi connectivity index (χ4n) is 1.56. The maximum Gasteiger partial charge on any atom is 0.243 e. The summed E-state index contributed by atoms with van der Waals surface area (Å²) >= 11 is 0. The van der Waals surface area contributed by atoms with Gasteiger partial charge in [0, 0.05) is 5.92 Å². The monoisotopic (exact) mass is 233 g/mol. The fourth-order valence-corrected chi connectivity index (χ4v) is 1.56. The van der Waals surface area contributed by atoms with Gasteiger partial charge in [0.15, 0.2) is 5.79 Å². The highest BCUT2D eigenvalue weighted by atomic mass is 16.7. The van der Waals surface area contributed by atoms with E-state index in [-0.39, 0.29) is 31.8 Å². The Bertz CT molecular complexity index is 243. The van der Waals surface area contributed by atoms with Gasteiger partial charge in [-0.3, -0.25) is 4.79 Å². The molecule has 0 radical (unpaired) electrons. The van der Waals surface area contributed by atoms with Gasteiger partial charge in [-0.2, -0.15) is 0 Å². The van der Waals surface area contributed by atoms with Gasteiger partial charge in [0.05, 0.1) is 25.9 Å². The minimum atomic E-state index is -0.687. The smallest absolute Gasteiger partial charge is 0.243 e. The molecule has 16 heavy (non-hydrogen) atoms. The van der Waals surface area contributed by atoms with Gasteiger partial charge in [0.1, 0.15) is 6.61 Å². The molecule has 1 saturated heterocycles. The van der Waals surface area contributed by atoms with Gasteiger partial charge in [0.25, 0.3) is 0 Å². The van der Waals surface area contributed by atoms with Gasteiger partial charge < -0.3 is 25.1 Å². The van der Waals surface area contributed by atoms with Crippen LogP contribution in [0, 0.1) is 5.92 Å². The zero-order valence-electron chi connectivity index (χ0n) is 9.64. The molecule has 1 aliphatic rings. The first-order chi connectivity index (χ1) is 7.44. The number of ether oxygens (including phenoxy) is 3. The molecule has 2 unspecified atom stereocenters. The summed E-state index contributed by atoms with van der Waals surface area (Å²) < 4.78 is 16.1. The highest BCUT2D eigenvalue weighted by molar-refractivity contribution is 5.74. The van der Waals surface area contributed by atoms with Crippen molar-refractivity contribution in [3.8, 4) is 0 Å². The van der Waals surface area contributed by atoms with Gasteiger partial charge in [-0.25, -0.2) is 0 Å². The maximum absolute atomic E-state index is 10.5. The molecule has 6 heteroatoms. The van der Waals surface area contributed by atoms with E-state index in [9.17, 15) is 9.90 Å². The molecular formula is C10H19NO5. The Morgan fingerprint density at radius 3 is 2.88 bits per heavy atom. The topological polar surface area (TPSA) is 91.0 Å². The molecule has 3 N–H and O–H groups in total. The zero-order chi connectivity index (χ0) is 12.2. The normalized spacial score (nSPS) is 28.9. The van der Waals surface area contributed by atoms with Crippen molar-refractivity contribution in [1.82, 2.24) is 0 Å². The Morgan fingerprint density at radius 2 is 2.31 bits per heavy atom. The Kier molecular flexibility index (Phi) is 4.67.